The Balaban J connectivity index is 0.00000196. The van der Waals surface area contributed by atoms with E-state index in [2.05, 4.69) is 39.2 Å². The van der Waals surface area contributed by atoms with Crippen molar-refractivity contribution in [3.05, 3.63) is 35.5 Å². The number of aryl methyl sites for hydroxylation is 1. The first-order valence-electron chi connectivity index (χ1n) is 9.04. The Morgan fingerprint density at radius 2 is 2.07 bits per heavy atom. The largest absolute Gasteiger partial charge is 0.398 e. The molecule has 1 saturated heterocycles. The summed E-state index contributed by atoms with van der Waals surface area (Å²) in [6.07, 6.45) is 4.02. The van der Waals surface area contributed by atoms with Gasteiger partial charge in [-0.25, -0.2) is 4.98 Å². The minimum Gasteiger partial charge on any atom is -0.398 e. The molecule has 5 N–H and O–H groups in total. The first-order valence-corrected chi connectivity index (χ1v) is 9.04. The number of nitrogens with zero attached hydrogens (tertiary/aromatic N) is 4. The SMILES string of the molecule is CCCc1cc(N2CCC[C@@H](N)C2)nc(Nc2ccc(N)c(C#N)c2)n1.Cl.Cl. The molecular weight excluding hydrogens is 397 g/mol. The van der Waals surface area contributed by atoms with Crippen LogP contribution in [0.5, 0.6) is 0 Å². The Hall–Kier alpha value is -2.27. The Morgan fingerprint density at radius 3 is 2.75 bits per heavy atom. The van der Waals surface area contributed by atoms with Crippen molar-refractivity contribution in [2.45, 2.75) is 38.6 Å². The highest BCUT2D eigenvalue weighted by Gasteiger charge is 2.19. The lowest BCUT2D eigenvalue weighted by atomic mass is 10.1. The summed E-state index contributed by atoms with van der Waals surface area (Å²) in [6, 6.07) is 9.57. The van der Waals surface area contributed by atoms with Crippen LogP contribution in [-0.2, 0) is 6.42 Å². The molecule has 3 rings (SSSR count). The number of hydrogen-bond acceptors (Lipinski definition) is 7. The van der Waals surface area contributed by atoms with Gasteiger partial charge in [0, 0.05) is 42.3 Å². The van der Waals surface area contributed by atoms with Gasteiger partial charge in [0.25, 0.3) is 0 Å². The lowest BCUT2D eigenvalue weighted by Gasteiger charge is -2.32. The minimum absolute atomic E-state index is 0. The summed E-state index contributed by atoms with van der Waals surface area (Å²) in [5.41, 5.74) is 14.5. The van der Waals surface area contributed by atoms with Gasteiger partial charge in [-0.05, 0) is 37.5 Å². The summed E-state index contributed by atoms with van der Waals surface area (Å²) in [7, 11) is 0. The van der Waals surface area contributed by atoms with Crippen molar-refractivity contribution in [2.24, 2.45) is 5.73 Å². The quantitative estimate of drug-likeness (QED) is 0.630. The fourth-order valence-electron chi connectivity index (χ4n) is 3.16. The zero-order valence-corrected chi connectivity index (χ0v) is 17.5. The maximum absolute atomic E-state index is 9.15. The molecule has 2 heterocycles. The van der Waals surface area contributed by atoms with E-state index < -0.39 is 0 Å². The van der Waals surface area contributed by atoms with E-state index in [0.717, 1.165) is 56.0 Å². The molecule has 7 nitrogen and oxygen atoms in total. The highest BCUT2D eigenvalue weighted by Crippen LogP contribution is 2.23. The van der Waals surface area contributed by atoms with Gasteiger partial charge in [-0.15, -0.1) is 24.8 Å². The third-order valence-electron chi connectivity index (χ3n) is 4.48. The van der Waals surface area contributed by atoms with Crippen LogP contribution in [-0.4, -0.2) is 29.1 Å². The molecule has 1 fully saturated rings. The molecule has 0 unspecified atom stereocenters. The van der Waals surface area contributed by atoms with Gasteiger partial charge in [-0.2, -0.15) is 10.2 Å². The Labute approximate surface area is 178 Å². The summed E-state index contributed by atoms with van der Waals surface area (Å²) in [6.45, 7) is 3.89. The van der Waals surface area contributed by atoms with E-state index in [9.17, 15) is 0 Å². The van der Waals surface area contributed by atoms with E-state index in [1.165, 1.54) is 0 Å². The van der Waals surface area contributed by atoms with Crippen LogP contribution >= 0.6 is 24.8 Å². The predicted octanol–water partition coefficient (Wildman–Crippen LogP) is 3.40. The molecule has 152 valence electrons. The molecule has 0 radical (unpaired) electrons. The van der Waals surface area contributed by atoms with E-state index in [-0.39, 0.29) is 30.9 Å². The fraction of sp³-hybridized carbons (Fsp3) is 0.421. The monoisotopic (exact) mass is 423 g/mol. The van der Waals surface area contributed by atoms with Crippen molar-refractivity contribution in [1.29, 1.82) is 5.26 Å². The molecule has 0 amide bonds. The second-order valence-corrected chi connectivity index (χ2v) is 6.68. The van der Waals surface area contributed by atoms with Crippen molar-refractivity contribution >= 4 is 48.0 Å². The molecule has 9 heteroatoms. The number of nitriles is 1. The zero-order valence-electron chi connectivity index (χ0n) is 15.9. The smallest absolute Gasteiger partial charge is 0.229 e. The van der Waals surface area contributed by atoms with E-state index in [1.54, 1.807) is 12.1 Å². The maximum Gasteiger partial charge on any atom is 0.229 e. The molecule has 1 aliphatic rings. The molecule has 1 aliphatic heterocycles. The van der Waals surface area contributed by atoms with E-state index >= 15 is 0 Å². The highest BCUT2D eigenvalue weighted by atomic mass is 35.5. The lowest BCUT2D eigenvalue weighted by molar-refractivity contribution is 0.503. The van der Waals surface area contributed by atoms with Gasteiger partial charge >= 0.3 is 0 Å². The Bertz CT molecular complexity index is 822. The Morgan fingerprint density at radius 1 is 1.29 bits per heavy atom. The summed E-state index contributed by atoms with van der Waals surface area (Å²) in [5.74, 6) is 1.43. The number of nitrogens with two attached hydrogens (primary N) is 2. The molecular formula is C19H27Cl2N7. The van der Waals surface area contributed by atoms with Gasteiger partial charge in [-0.1, -0.05) is 13.3 Å². The van der Waals surface area contributed by atoms with Crippen LogP contribution in [0.4, 0.5) is 23.1 Å². The summed E-state index contributed by atoms with van der Waals surface area (Å²) in [5, 5.41) is 12.4. The number of halogens is 2. The van der Waals surface area contributed by atoms with Gasteiger partial charge in [0.05, 0.1) is 5.56 Å². The van der Waals surface area contributed by atoms with Gasteiger partial charge in [0.2, 0.25) is 5.95 Å². The molecule has 1 aromatic carbocycles. The van der Waals surface area contributed by atoms with Crippen molar-refractivity contribution in [3.63, 3.8) is 0 Å². The molecule has 1 atom stereocenters. The fourth-order valence-corrected chi connectivity index (χ4v) is 3.16. The first kappa shape index (κ1) is 23.8. The number of anilines is 4. The van der Waals surface area contributed by atoms with Crippen molar-refractivity contribution in [2.75, 3.05) is 29.0 Å². The van der Waals surface area contributed by atoms with Crippen LogP contribution < -0.4 is 21.7 Å². The molecule has 2 aromatic rings. The third kappa shape index (κ3) is 5.86. The summed E-state index contributed by atoms with van der Waals surface area (Å²) in [4.78, 5) is 11.5. The van der Waals surface area contributed by atoms with Crippen molar-refractivity contribution in [3.8, 4) is 6.07 Å². The summed E-state index contributed by atoms with van der Waals surface area (Å²) >= 11 is 0. The average Bonchev–Trinajstić information content (AvgIpc) is 2.63. The van der Waals surface area contributed by atoms with Crippen LogP contribution in [0, 0.1) is 11.3 Å². The first-order chi connectivity index (χ1) is 12.6. The number of nitrogens with one attached hydrogen (secondary N) is 1. The topological polar surface area (TPSA) is 117 Å². The van der Waals surface area contributed by atoms with Crippen LogP contribution in [0.2, 0.25) is 0 Å². The second kappa shape index (κ2) is 10.9. The van der Waals surface area contributed by atoms with Crippen LogP contribution in [0.15, 0.2) is 24.3 Å². The number of benzene rings is 1. The number of hydrogen-bond donors (Lipinski definition) is 3. The number of aromatic nitrogens is 2. The normalized spacial score (nSPS) is 15.8. The number of piperidine rings is 1. The molecule has 0 spiro atoms. The molecule has 1 aromatic heterocycles. The number of nitrogen functional groups attached to an aromatic ring is 1. The third-order valence-corrected chi connectivity index (χ3v) is 4.48. The number of rotatable bonds is 5. The lowest BCUT2D eigenvalue weighted by Crippen LogP contribution is -2.43. The predicted molar refractivity (Wildman–Crippen MR) is 119 cm³/mol. The van der Waals surface area contributed by atoms with Crippen molar-refractivity contribution in [1.82, 2.24) is 9.97 Å². The van der Waals surface area contributed by atoms with Gasteiger partial charge in [-0.3, -0.25) is 0 Å². The van der Waals surface area contributed by atoms with E-state index in [1.807, 2.05) is 6.07 Å². The van der Waals surface area contributed by atoms with Crippen molar-refractivity contribution < 1.29 is 0 Å². The van der Waals surface area contributed by atoms with Gasteiger partial charge in [0.15, 0.2) is 0 Å². The molecule has 0 aliphatic carbocycles. The van der Waals surface area contributed by atoms with E-state index in [0.29, 0.717) is 17.2 Å². The van der Waals surface area contributed by atoms with Crippen LogP contribution in [0.3, 0.4) is 0 Å². The van der Waals surface area contributed by atoms with Gasteiger partial charge in [0.1, 0.15) is 11.9 Å². The summed E-state index contributed by atoms with van der Waals surface area (Å²) < 4.78 is 0. The van der Waals surface area contributed by atoms with Crippen LogP contribution in [0.1, 0.15) is 37.4 Å². The standard InChI is InChI=1S/C19H25N7.2ClH/c1-2-4-15-10-18(26-8-3-5-14(21)12-26)25-19(23-15)24-16-6-7-17(22)13(9-16)11-20;;/h6-7,9-10,14H,2-5,8,12,21-22H2,1H3,(H,23,24,25);2*1H/t14-;;/m1../s1. The maximum atomic E-state index is 9.15. The second-order valence-electron chi connectivity index (χ2n) is 6.68. The average molecular weight is 424 g/mol. The zero-order chi connectivity index (χ0) is 18.5. The molecule has 28 heavy (non-hydrogen) atoms. The van der Waals surface area contributed by atoms with E-state index in [4.69, 9.17) is 16.7 Å². The minimum atomic E-state index is 0. The van der Waals surface area contributed by atoms with Gasteiger partial charge < -0.3 is 21.7 Å². The molecule has 0 bridgehead atoms. The van der Waals surface area contributed by atoms with Crippen LogP contribution in [0.25, 0.3) is 0 Å². The highest BCUT2D eigenvalue weighted by molar-refractivity contribution is 5.85. The Kier molecular flexibility index (Phi) is 9.26. The molecule has 0 saturated carbocycles.